The van der Waals surface area contributed by atoms with Gasteiger partial charge in [-0.15, -0.1) is 0 Å². The Kier molecular flexibility index (Phi) is 35.7. The first-order valence-electron chi connectivity index (χ1n) is 17.6. The van der Waals surface area contributed by atoms with E-state index in [2.05, 4.69) is 5.32 Å². The Labute approximate surface area is 307 Å². The molecule has 0 saturated heterocycles. The number of amides is 3. The smallest absolute Gasteiger partial charge is 0.407 e. The summed E-state index contributed by atoms with van der Waals surface area (Å²) in [6, 6.07) is 0. The maximum atomic E-state index is 11.5. The first-order chi connectivity index (χ1) is 25.2. The SMILES string of the molecule is CC(C)(C)OC(=O)NCCOCCOCCOCCOCCOCCOCCOCCOCCOCCOCCOCCN(C(=O)CO)C(=O)CO. The summed E-state index contributed by atoms with van der Waals surface area (Å²) in [7, 11) is 0. The summed E-state index contributed by atoms with van der Waals surface area (Å²) < 4.78 is 64.7. The average molecular weight is 761 g/mol. The highest BCUT2D eigenvalue weighted by molar-refractivity contribution is 5.96. The third kappa shape index (κ3) is 36.3. The molecule has 0 aromatic rings. The standard InChI is InChI=1S/C33H64N2O17/c1-33(2,3)52-32(40)34-4-6-41-8-10-43-12-14-45-16-18-47-20-22-49-24-26-51-27-25-50-23-21-48-19-17-46-15-13-44-11-9-42-7-5-35(30(38)28-36)31(39)29-37/h36-37H,4-29H2,1-3H3,(H,34,40). The third-order valence-electron chi connectivity index (χ3n) is 5.97. The zero-order valence-electron chi connectivity index (χ0n) is 31.4. The van der Waals surface area contributed by atoms with Gasteiger partial charge in [-0.05, 0) is 20.8 Å². The molecule has 0 bridgehead atoms. The van der Waals surface area contributed by atoms with Crippen LogP contribution in [0.3, 0.4) is 0 Å². The number of hydrogen-bond acceptors (Lipinski definition) is 17. The molecule has 0 unspecified atom stereocenters. The summed E-state index contributed by atoms with van der Waals surface area (Å²) >= 11 is 0. The van der Waals surface area contributed by atoms with Crippen LogP contribution in [0.1, 0.15) is 20.8 Å². The molecule has 0 aliphatic rings. The normalized spacial score (nSPS) is 11.6. The number of carbonyl (C=O) groups excluding carboxylic acids is 3. The van der Waals surface area contributed by atoms with Crippen LogP contribution in [0.15, 0.2) is 0 Å². The van der Waals surface area contributed by atoms with Crippen molar-refractivity contribution in [2.24, 2.45) is 0 Å². The van der Waals surface area contributed by atoms with Gasteiger partial charge < -0.3 is 72.4 Å². The Hall–Kier alpha value is -2.11. The van der Waals surface area contributed by atoms with E-state index in [0.717, 1.165) is 4.90 Å². The van der Waals surface area contributed by atoms with Crippen LogP contribution in [-0.4, -0.2) is 210 Å². The van der Waals surface area contributed by atoms with Gasteiger partial charge in [0.05, 0.1) is 152 Å². The molecule has 3 N–H and O–H groups in total. The lowest BCUT2D eigenvalue weighted by molar-refractivity contribution is -0.149. The molecule has 0 aliphatic carbocycles. The molecule has 3 amide bonds. The summed E-state index contributed by atoms with van der Waals surface area (Å²) in [5, 5.41) is 20.3. The Morgan fingerprint density at radius 1 is 0.442 bits per heavy atom. The maximum absolute atomic E-state index is 11.5. The first kappa shape index (κ1) is 49.9. The van der Waals surface area contributed by atoms with Gasteiger partial charge in [-0.3, -0.25) is 14.5 Å². The maximum Gasteiger partial charge on any atom is 0.407 e. The fourth-order valence-electron chi connectivity index (χ4n) is 3.56. The van der Waals surface area contributed by atoms with Crippen molar-refractivity contribution in [3.63, 3.8) is 0 Å². The van der Waals surface area contributed by atoms with Crippen molar-refractivity contribution in [1.82, 2.24) is 10.2 Å². The quantitative estimate of drug-likeness (QED) is 0.0646. The van der Waals surface area contributed by atoms with E-state index in [1.54, 1.807) is 0 Å². The molecule has 0 fully saturated rings. The number of rotatable bonds is 38. The van der Waals surface area contributed by atoms with E-state index >= 15 is 0 Å². The minimum atomic E-state index is -0.820. The molecule has 0 aliphatic heterocycles. The fraction of sp³-hybridized carbons (Fsp3) is 0.909. The number of alkyl carbamates (subject to hydrolysis) is 1. The van der Waals surface area contributed by atoms with Crippen molar-refractivity contribution in [3.05, 3.63) is 0 Å². The first-order valence-corrected chi connectivity index (χ1v) is 17.6. The van der Waals surface area contributed by atoms with Crippen LogP contribution < -0.4 is 5.32 Å². The molecule has 19 nitrogen and oxygen atoms in total. The van der Waals surface area contributed by atoms with Crippen molar-refractivity contribution < 1.29 is 81.4 Å². The lowest BCUT2D eigenvalue weighted by Gasteiger charge is -2.19. The van der Waals surface area contributed by atoms with Crippen LogP contribution >= 0.6 is 0 Å². The number of nitrogens with zero attached hydrogens (tertiary/aromatic N) is 1. The van der Waals surface area contributed by atoms with Crippen molar-refractivity contribution in [2.75, 3.05) is 172 Å². The van der Waals surface area contributed by atoms with Gasteiger partial charge in [0.15, 0.2) is 0 Å². The van der Waals surface area contributed by atoms with E-state index in [4.69, 9.17) is 67.1 Å². The van der Waals surface area contributed by atoms with E-state index in [0.29, 0.717) is 139 Å². The molecule has 0 heterocycles. The molecule has 0 aromatic heterocycles. The highest BCUT2D eigenvalue weighted by atomic mass is 16.6. The van der Waals surface area contributed by atoms with Crippen LogP contribution in [0.5, 0.6) is 0 Å². The van der Waals surface area contributed by atoms with E-state index < -0.39 is 36.7 Å². The summed E-state index contributed by atoms with van der Waals surface area (Å²) in [6.07, 6.45) is -0.463. The summed E-state index contributed by atoms with van der Waals surface area (Å²) in [4.78, 5) is 35.2. The second kappa shape index (κ2) is 37.2. The second-order valence-corrected chi connectivity index (χ2v) is 11.4. The minimum absolute atomic E-state index is 0.0626. The average Bonchev–Trinajstić information content (AvgIpc) is 3.11. The number of ether oxygens (including phenoxy) is 12. The van der Waals surface area contributed by atoms with E-state index in [9.17, 15) is 14.4 Å². The number of carbonyl (C=O) groups is 3. The van der Waals surface area contributed by atoms with E-state index in [1.165, 1.54) is 0 Å². The number of aliphatic hydroxyl groups is 2. The van der Waals surface area contributed by atoms with Crippen LogP contribution in [0, 0.1) is 0 Å². The molecule has 308 valence electrons. The van der Waals surface area contributed by atoms with Gasteiger partial charge in [-0.2, -0.15) is 0 Å². The number of imide groups is 1. The molecular weight excluding hydrogens is 696 g/mol. The molecule has 52 heavy (non-hydrogen) atoms. The molecule has 0 aromatic carbocycles. The predicted molar refractivity (Wildman–Crippen MR) is 184 cm³/mol. The molecule has 19 heteroatoms. The van der Waals surface area contributed by atoms with Gasteiger partial charge >= 0.3 is 6.09 Å². The van der Waals surface area contributed by atoms with Gasteiger partial charge in [-0.1, -0.05) is 0 Å². The molecular formula is C33H64N2O17. The predicted octanol–water partition coefficient (Wildman–Crippen LogP) is -0.966. The molecule has 0 rings (SSSR count). The topological polar surface area (TPSA) is 218 Å². The van der Waals surface area contributed by atoms with E-state index in [1.807, 2.05) is 20.8 Å². The molecule has 0 spiro atoms. The van der Waals surface area contributed by atoms with Crippen LogP contribution in [0.25, 0.3) is 0 Å². The summed E-state index contributed by atoms with van der Waals surface area (Å²) in [5.41, 5.74) is -0.522. The van der Waals surface area contributed by atoms with Crippen molar-refractivity contribution in [3.8, 4) is 0 Å². The zero-order valence-corrected chi connectivity index (χ0v) is 31.4. The number of aliphatic hydroxyl groups excluding tert-OH is 2. The minimum Gasteiger partial charge on any atom is -0.444 e. The van der Waals surface area contributed by atoms with Gasteiger partial charge in [0.25, 0.3) is 11.8 Å². The van der Waals surface area contributed by atoms with Crippen molar-refractivity contribution >= 4 is 17.9 Å². The lowest BCUT2D eigenvalue weighted by atomic mass is 10.2. The van der Waals surface area contributed by atoms with E-state index in [-0.39, 0.29) is 19.8 Å². The van der Waals surface area contributed by atoms with Gasteiger partial charge in [0.2, 0.25) is 0 Å². The highest BCUT2D eigenvalue weighted by Gasteiger charge is 2.19. The largest absolute Gasteiger partial charge is 0.444 e. The van der Waals surface area contributed by atoms with Gasteiger partial charge in [-0.25, -0.2) is 4.79 Å². The molecule has 0 radical (unpaired) electrons. The summed E-state index contributed by atoms with van der Waals surface area (Å²) in [5.74, 6) is -1.59. The van der Waals surface area contributed by atoms with Crippen LogP contribution in [0.4, 0.5) is 4.79 Å². The second-order valence-electron chi connectivity index (χ2n) is 11.4. The Morgan fingerprint density at radius 3 is 0.942 bits per heavy atom. The van der Waals surface area contributed by atoms with Gasteiger partial charge in [0, 0.05) is 6.54 Å². The zero-order chi connectivity index (χ0) is 38.4. The van der Waals surface area contributed by atoms with Gasteiger partial charge in [0.1, 0.15) is 18.8 Å². The Balaban J connectivity index is 3.20. The molecule has 0 atom stereocenters. The monoisotopic (exact) mass is 760 g/mol. The fourth-order valence-corrected chi connectivity index (χ4v) is 3.56. The lowest BCUT2D eigenvalue weighted by Crippen LogP contribution is -2.42. The Bertz CT molecular complexity index is 819. The summed E-state index contributed by atoms with van der Waals surface area (Å²) in [6.45, 7) is 13.1. The van der Waals surface area contributed by atoms with Crippen LogP contribution in [-0.2, 0) is 66.4 Å². The van der Waals surface area contributed by atoms with Crippen molar-refractivity contribution in [2.45, 2.75) is 26.4 Å². The third-order valence-corrected chi connectivity index (χ3v) is 5.97. The Morgan fingerprint density at radius 2 is 0.692 bits per heavy atom. The number of hydrogen-bond donors (Lipinski definition) is 3. The van der Waals surface area contributed by atoms with Crippen LogP contribution in [0.2, 0.25) is 0 Å². The number of nitrogens with one attached hydrogen (secondary N) is 1. The van der Waals surface area contributed by atoms with Crippen molar-refractivity contribution in [1.29, 1.82) is 0 Å². The highest BCUT2D eigenvalue weighted by Crippen LogP contribution is 2.06. The molecule has 0 saturated carbocycles.